The summed E-state index contributed by atoms with van der Waals surface area (Å²) in [6.45, 7) is 1.68. The minimum Gasteiger partial charge on any atom is -0.469 e. The summed E-state index contributed by atoms with van der Waals surface area (Å²) in [5, 5.41) is 2.59. The number of ether oxygens (including phenoxy) is 1. The second kappa shape index (κ2) is 7.79. The maximum atomic E-state index is 13.4. The van der Waals surface area contributed by atoms with Gasteiger partial charge in [-0.25, -0.2) is 4.39 Å². The largest absolute Gasteiger partial charge is 0.469 e. The molecule has 0 heterocycles. The summed E-state index contributed by atoms with van der Waals surface area (Å²) in [6.07, 6.45) is 2.68. The zero-order valence-corrected chi connectivity index (χ0v) is 12.7. The standard InChI is InChI=1S/C14H15BrFNO3/c1-9(7-14(19)20-2)17-13(18)6-3-10-8-11(15)4-5-12(10)16/h3-6,8-9H,7H2,1-2H3,(H,17,18)/b6-3+. The number of amides is 1. The van der Waals surface area contributed by atoms with Gasteiger partial charge >= 0.3 is 5.97 Å². The lowest BCUT2D eigenvalue weighted by Crippen LogP contribution is -2.33. The van der Waals surface area contributed by atoms with E-state index in [2.05, 4.69) is 26.0 Å². The van der Waals surface area contributed by atoms with Gasteiger partial charge in [0.05, 0.1) is 13.5 Å². The van der Waals surface area contributed by atoms with E-state index in [9.17, 15) is 14.0 Å². The molecule has 1 unspecified atom stereocenters. The molecular formula is C14H15BrFNO3. The van der Waals surface area contributed by atoms with E-state index < -0.39 is 17.7 Å². The molecule has 0 saturated heterocycles. The third kappa shape index (κ3) is 5.52. The van der Waals surface area contributed by atoms with Crippen molar-refractivity contribution in [2.45, 2.75) is 19.4 Å². The lowest BCUT2D eigenvalue weighted by Gasteiger charge is -2.10. The number of carbonyl (C=O) groups is 2. The van der Waals surface area contributed by atoms with Crippen LogP contribution in [0.25, 0.3) is 6.08 Å². The number of benzene rings is 1. The lowest BCUT2D eigenvalue weighted by molar-refractivity contribution is -0.141. The van der Waals surface area contributed by atoms with Crippen LogP contribution < -0.4 is 5.32 Å². The fourth-order valence-electron chi connectivity index (χ4n) is 1.48. The van der Waals surface area contributed by atoms with Gasteiger partial charge in [0.15, 0.2) is 0 Å². The van der Waals surface area contributed by atoms with Gasteiger partial charge < -0.3 is 10.1 Å². The van der Waals surface area contributed by atoms with Crippen LogP contribution in [-0.2, 0) is 14.3 Å². The molecule has 1 amide bonds. The van der Waals surface area contributed by atoms with Crippen LogP contribution in [0.15, 0.2) is 28.7 Å². The predicted molar refractivity (Wildman–Crippen MR) is 77.4 cm³/mol. The van der Waals surface area contributed by atoms with Gasteiger partial charge in [-0.15, -0.1) is 0 Å². The molecule has 1 aromatic rings. The molecule has 0 radical (unpaired) electrons. The Kier molecular flexibility index (Phi) is 6.38. The highest BCUT2D eigenvalue weighted by Gasteiger charge is 2.10. The van der Waals surface area contributed by atoms with E-state index in [1.807, 2.05) is 0 Å². The van der Waals surface area contributed by atoms with E-state index >= 15 is 0 Å². The summed E-state index contributed by atoms with van der Waals surface area (Å²) in [6, 6.07) is 4.09. The Morgan fingerprint density at radius 1 is 1.50 bits per heavy atom. The third-order valence-corrected chi connectivity index (χ3v) is 2.95. The van der Waals surface area contributed by atoms with Crippen molar-refractivity contribution in [1.82, 2.24) is 5.32 Å². The van der Waals surface area contributed by atoms with Crippen molar-refractivity contribution in [2.24, 2.45) is 0 Å². The molecule has 0 aliphatic heterocycles. The Hall–Kier alpha value is -1.69. The molecule has 0 aliphatic rings. The van der Waals surface area contributed by atoms with Crippen LogP contribution in [0, 0.1) is 5.82 Å². The monoisotopic (exact) mass is 343 g/mol. The fraction of sp³-hybridized carbons (Fsp3) is 0.286. The summed E-state index contributed by atoms with van der Waals surface area (Å²) >= 11 is 3.23. The van der Waals surface area contributed by atoms with E-state index in [1.54, 1.807) is 19.1 Å². The summed E-state index contributed by atoms with van der Waals surface area (Å²) in [4.78, 5) is 22.6. The quantitative estimate of drug-likeness (QED) is 0.660. The second-order valence-corrected chi connectivity index (χ2v) is 5.10. The molecule has 6 heteroatoms. The van der Waals surface area contributed by atoms with E-state index in [-0.39, 0.29) is 12.5 Å². The molecule has 0 aromatic heterocycles. The Morgan fingerprint density at radius 2 is 2.20 bits per heavy atom. The normalized spacial score (nSPS) is 12.2. The van der Waals surface area contributed by atoms with E-state index in [0.717, 1.165) is 4.47 Å². The number of hydrogen-bond donors (Lipinski definition) is 1. The van der Waals surface area contributed by atoms with Gasteiger partial charge in [-0.1, -0.05) is 15.9 Å². The van der Waals surface area contributed by atoms with Crippen molar-refractivity contribution in [1.29, 1.82) is 0 Å². The van der Waals surface area contributed by atoms with Crippen molar-refractivity contribution in [3.63, 3.8) is 0 Å². The van der Waals surface area contributed by atoms with Crippen LogP contribution in [0.3, 0.4) is 0 Å². The van der Waals surface area contributed by atoms with Gasteiger partial charge in [-0.2, -0.15) is 0 Å². The van der Waals surface area contributed by atoms with Crippen molar-refractivity contribution in [3.05, 3.63) is 40.1 Å². The number of halogens is 2. The number of methoxy groups -OCH3 is 1. The first kappa shape index (κ1) is 16.4. The topological polar surface area (TPSA) is 55.4 Å². The highest BCUT2D eigenvalue weighted by Crippen LogP contribution is 2.16. The zero-order chi connectivity index (χ0) is 15.1. The number of esters is 1. The molecule has 20 heavy (non-hydrogen) atoms. The molecule has 1 atom stereocenters. The molecule has 1 rings (SSSR count). The van der Waals surface area contributed by atoms with Gasteiger partial charge in [0.1, 0.15) is 5.82 Å². The summed E-state index contributed by atoms with van der Waals surface area (Å²) in [7, 11) is 1.28. The third-order valence-electron chi connectivity index (χ3n) is 2.46. The highest BCUT2D eigenvalue weighted by molar-refractivity contribution is 9.10. The molecule has 0 bridgehead atoms. The van der Waals surface area contributed by atoms with Crippen LogP contribution in [0.1, 0.15) is 18.9 Å². The van der Waals surface area contributed by atoms with Crippen LogP contribution in [0.5, 0.6) is 0 Å². The van der Waals surface area contributed by atoms with Crippen LogP contribution >= 0.6 is 15.9 Å². The van der Waals surface area contributed by atoms with Gasteiger partial charge in [-0.05, 0) is 31.2 Å². The Balaban J connectivity index is 2.59. The molecule has 1 N–H and O–H groups in total. The molecule has 0 spiro atoms. The number of nitrogens with one attached hydrogen (secondary N) is 1. The first-order valence-corrected chi connectivity index (χ1v) is 6.72. The van der Waals surface area contributed by atoms with Crippen LogP contribution in [0.2, 0.25) is 0 Å². The van der Waals surface area contributed by atoms with E-state index in [4.69, 9.17) is 0 Å². The maximum Gasteiger partial charge on any atom is 0.307 e. The Bertz CT molecular complexity index is 531. The summed E-state index contributed by atoms with van der Waals surface area (Å²) in [5.74, 6) is -1.22. The smallest absolute Gasteiger partial charge is 0.307 e. The first-order valence-electron chi connectivity index (χ1n) is 5.93. The van der Waals surface area contributed by atoms with Crippen LogP contribution in [-0.4, -0.2) is 25.0 Å². The zero-order valence-electron chi connectivity index (χ0n) is 11.2. The Morgan fingerprint density at radius 3 is 2.85 bits per heavy atom. The van der Waals surface area contributed by atoms with Crippen molar-refractivity contribution >= 4 is 33.9 Å². The number of hydrogen-bond acceptors (Lipinski definition) is 3. The fourth-order valence-corrected chi connectivity index (χ4v) is 1.86. The summed E-state index contributed by atoms with van der Waals surface area (Å²) in [5.41, 5.74) is 0.301. The minimum atomic E-state index is -0.417. The molecule has 4 nitrogen and oxygen atoms in total. The van der Waals surface area contributed by atoms with Crippen molar-refractivity contribution in [2.75, 3.05) is 7.11 Å². The highest BCUT2D eigenvalue weighted by atomic mass is 79.9. The predicted octanol–water partition coefficient (Wildman–Crippen LogP) is 2.67. The maximum absolute atomic E-state index is 13.4. The van der Waals surface area contributed by atoms with Crippen molar-refractivity contribution < 1.29 is 18.7 Å². The average Bonchev–Trinajstić information content (AvgIpc) is 2.39. The SMILES string of the molecule is COC(=O)CC(C)NC(=O)/C=C/c1cc(Br)ccc1F. The molecule has 0 aliphatic carbocycles. The molecular weight excluding hydrogens is 329 g/mol. The van der Waals surface area contributed by atoms with E-state index in [1.165, 1.54) is 25.3 Å². The summed E-state index contributed by atoms with van der Waals surface area (Å²) < 4.78 is 18.7. The second-order valence-electron chi connectivity index (χ2n) is 4.19. The lowest BCUT2D eigenvalue weighted by atomic mass is 10.2. The average molecular weight is 344 g/mol. The number of carbonyl (C=O) groups excluding carboxylic acids is 2. The van der Waals surface area contributed by atoms with E-state index in [0.29, 0.717) is 5.56 Å². The minimum absolute atomic E-state index is 0.0846. The Labute approximate surface area is 125 Å². The van der Waals surface area contributed by atoms with Gasteiger partial charge in [-0.3, -0.25) is 9.59 Å². The number of rotatable bonds is 5. The van der Waals surface area contributed by atoms with Gasteiger partial charge in [0.2, 0.25) is 5.91 Å². The molecule has 0 saturated carbocycles. The molecule has 108 valence electrons. The van der Waals surface area contributed by atoms with Gasteiger partial charge in [0.25, 0.3) is 0 Å². The van der Waals surface area contributed by atoms with Gasteiger partial charge in [0, 0.05) is 22.2 Å². The van der Waals surface area contributed by atoms with Crippen LogP contribution in [0.4, 0.5) is 4.39 Å². The van der Waals surface area contributed by atoms with Crippen molar-refractivity contribution in [3.8, 4) is 0 Å². The molecule has 0 fully saturated rings. The molecule has 1 aromatic carbocycles. The first-order chi connectivity index (χ1) is 9.42.